The van der Waals surface area contributed by atoms with Crippen molar-refractivity contribution in [1.29, 1.82) is 0 Å². The number of aliphatic imine (C=N–C) groups is 1. The second-order valence-corrected chi connectivity index (χ2v) is 1.92. The molecule has 0 aromatic rings. The zero-order valence-corrected chi connectivity index (χ0v) is 5.26. The third kappa shape index (κ3) is 1.38. The summed E-state index contributed by atoms with van der Waals surface area (Å²) in [5, 5.41) is 2.68. The van der Waals surface area contributed by atoms with Gasteiger partial charge < -0.3 is 11.1 Å². The van der Waals surface area contributed by atoms with Crippen LogP contribution in [0.4, 0.5) is 0 Å². The Bertz CT molecular complexity index is 209. The van der Waals surface area contributed by atoms with E-state index in [-0.39, 0.29) is 18.2 Å². The highest BCUT2D eigenvalue weighted by Crippen LogP contribution is 1.85. The molecule has 54 valence electrons. The SMILES string of the molecule is NC(=O)C1=NC(=O)CNC1. The van der Waals surface area contributed by atoms with Crippen LogP contribution in [0.5, 0.6) is 0 Å². The number of primary amides is 1. The van der Waals surface area contributed by atoms with Gasteiger partial charge in [-0.15, -0.1) is 0 Å². The van der Waals surface area contributed by atoms with Crippen molar-refractivity contribution >= 4 is 17.5 Å². The van der Waals surface area contributed by atoms with Crippen molar-refractivity contribution in [1.82, 2.24) is 5.32 Å². The molecule has 1 aliphatic rings. The lowest BCUT2D eigenvalue weighted by Gasteiger charge is -2.07. The minimum Gasteiger partial charge on any atom is -0.365 e. The summed E-state index contributed by atoms with van der Waals surface area (Å²) in [5.41, 5.74) is 4.98. The fourth-order valence-electron chi connectivity index (χ4n) is 0.660. The Morgan fingerprint density at radius 1 is 1.60 bits per heavy atom. The van der Waals surface area contributed by atoms with Gasteiger partial charge in [0.15, 0.2) is 0 Å². The monoisotopic (exact) mass is 141 g/mol. The van der Waals surface area contributed by atoms with E-state index in [1.54, 1.807) is 0 Å². The van der Waals surface area contributed by atoms with Gasteiger partial charge in [0.1, 0.15) is 5.71 Å². The molecule has 0 fully saturated rings. The van der Waals surface area contributed by atoms with E-state index in [9.17, 15) is 9.59 Å². The summed E-state index contributed by atoms with van der Waals surface area (Å²) in [7, 11) is 0. The first-order chi connectivity index (χ1) is 4.70. The van der Waals surface area contributed by atoms with E-state index in [0.29, 0.717) is 6.54 Å². The summed E-state index contributed by atoms with van der Waals surface area (Å²) < 4.78 is 0. The van der Waals surface area contributed by atoms with E-state index in [0.717, 1.165) is 0 Å². The van der Waals surface area contributed by atoms with Gasteiger partial charge in [-0.25, -0.2) is 4.99 Å². The smallest absolute Gasteiger partial charge is 0.264 e. The molecule has 5 nitrogen and oxygen atoms in total. The van der Waals surface area contributed by atoms with Crippen molar-refractivity contribution < 1.29 is 9.59 Å². The van der Waals surface area contributed by atoms with Crippen molar-refractivity contribution in [3.05, 3.63) is 0 Å². The Kier molecular flexibility index (Phi) is 1.77. The third-order valence-corrected chi connectivity index (χ3v) is 1.11. The molecule has 1 aliphatic heterocycles. The number of carbonyl (C=O) groups is 2. The molecule has 0 saturated heterocycles. The lowest BCUT2D eigenvalue weighted by Crippen LogP contribution is -2.40. The number of nitrogens with zero attached hydrogens (tertiary/aromatic N) is 1. The average Bonchev–Trinajstić information content (AvgIpc) is 1.88. The molecule has 0 spiro atoms. The van der Waals surface area contributed by atoms with E-state index in [1.807, 2.05) is 0 Å². The molecule has 0 aromatic heterocycles. The lowest BCUT2D eigenvalue weighted by atomic mass is 10.3. The minimum atomic E-state index is -0.638. The quantitative estimate of drug-likeness (QED) is 0.444. The van der Waals surface area contributed by atoms with Crippen molar-refractivity contribution in [2.45, 2.75) is 0 Å². The molecule has 1 heterocycles. The fourth-order valence-corrected chi connectivity index (χ4v) is 0.660. The summed E-state index contributed by atoms with van der Waals surface area (Å²) in [6.45, 7) is 0.484. The summed E-state index contributed by atoms with van der Waals surface area (Å²) in [6, 6.07) is 0. The third-order valence-electron chi connectivity index (χ3n) is 1.11. The summed E-state index contributed by atoms with van der Waals surface area (Å²) >= 11 is 0. The molecular weight excluding hydrogens is 134 g/mol. The Balaban J connectivity index is 2.75. The van der Waals surface area contributed by atoms with Crippen LogP contribution in [-0.2, 0) is 9.59 Å². The van der Waals surface area contributed by atoms with Crippen molar-refractivity contribution in [2.75, 3.05) is 13.1 Å². The number of nitrogens with two attached hydrogens (primary N) is 1. The predicted molar refractivity (Wildman–Crippen MR) is 34.5 cm³/mol. The van der Waals surface area contributed by atoms with E-state index < -0.39 is 5.91 Å². The molecule has 0 radical (unpaired) electrons. The largest absolute Gasteiger partial charge is 0.365 e. The zero-order valence-electron chi connectivity index (χ0n) is 5.26. The number of nitrogens with one attached hydrogen (secondary N) is 1. The van der Waals surface area contributed by atoms with Gasteiger partial charge in [-0.2, -0.15) is 0 Å². The number of amides is 2. The zero-order chi connectivity index (χ0) is 7.56. The van der Waals surface area contributed by atoms with E-state index >= 15 is 0 Å². The normalized spacial score (nSPS) is 18.4. The highest BCUT2D eigenvalue weighted by Gasteiger charge is 2.14. The van der Waals surface area contributed by atoms with Gasteiger partial charge in [0, 0.05) is 6.54 Å². The Morgan fingerprint density at radius 3 is 2.70 bits per heavy atom. The number of carbonyl (C=O) groups excluding carboxylic acids is 2. The van der Waals surface area contributed by atoms with E-state index in [4.69, 9.17) is 5.73 Å². The molecule has 0 unspecified atom stereocenters. The molecule has 10 heavy (non-hydrogen) atoms. The van der Waals surface area contributed by atoms with Gasteiger partial charge in [-0.05, 0) is 0 Å². The van der Waals surface area contributed by atoms with Crippen LogP contribution in [0.15, 0.2) is 4.99 Å². The van der Waals surface area contributed by atoms with Crippen LogP contribution in [-0.4, -0.2) is 30.6 Å². The molecular formula is C5H7N3O2. The minimum absolute atomic E-state index is 0.108. The van der Waals surface area contributed by atoms with Crippen LogP contribution in [0.3, 0.4) is 0 Å². The molecule has 0 bridgehead atoms. The van der Waals surface area contributed by atoms with Crippen molar-refractivity contribution in [3.8, 4) is 0 Å². The van der Waals surface area contributed by atoms with Crippen molar-refractivity contribution in [3.63, 3.8) is 0 Å². The summed E-state index contributed by atoms with van der Waals surface area (Å²) in [6.07, 6.45) is 0. The Morgan fingerprint density at radius 2 is 2.30 bits per heavy atom. The first-order valence-electron chi connectivity index (χ1n) is 2.81. The maximum absolute atomic E-state index is 10.5. The maximum atomic E-state index is 10.5. The Hall–Kier alpha value is -1.23. The average molecular weight is 141 g/mol. The summed E-state index contributed by atoms with van der Waals surface area (Å²) in [4.78, 5) is 24.3. The molecule has 2 amide bonds. The highest BCUT2D eigenvalue weighted by molar-refractivity contribution is 6.41. The predicted octanol–water partition coefficient (Wildman–Crippen LogP) is -1.96. The second-order valence-electron chi connectivity index (χ2n) is 1.92. The van der Waals surface area contributed by atoms with Gasteiger partial charge in [-0.3, -0.25) is 9.59 Å². The molecule has 3 N–H and O–H groups in total. The van der Waals surface area contributed by atoms with Gasteiger partial charge in [0.05, 0.1) is 6.54 Å². The standard InChI is InChI=1S/C5H7N3O2/c6-5(10)3-1-7-2-4(9)8-3/h7H,1-2H2,(H2,6,10). The van der Waals surface area contributed by atoms with E-state index in [1.165, 1.54) is 0 Å². The van der Waals surface area contributed by atoms with Crippen LogP contribution in [0.2, 0.25) is 0 Å². The van der Waals surface area contributed by atoms with Gasteiger partial charge in [-0.1, -0.05) is 0 Å². The van der Waals surface area contributed by atoms with Crippen LogP contribution >= 0.6 is 0 Å². The highest BCUT2D eigenvalue weighted by atomic mass is 16.2. The molecule has 0 saturated carbocycles. The fraction of sp³-hybridized carbons (Fsp3) is 0.400. The molecule has 5 heteroatoms. The van der Waals surface area contributed by atoms with Crippen LogP contribution in [0.1, 0.15) is 0 Å². The van der Waals surface area contributed by atoms with E-state index in [2.05, 4.69) is 10.3 Å². The second kappa shape index (κ2) is 2.57. The molecule has 0 aromatic carbocycles. The lowest BCUT2D eigenvalue weighted by molar-refractivity contribution is -0.118. The van der Waals surface area contributed by atoms with Gasteiger partial charge in [0.2, 0.25) is 0 Å². The van der Waals surface area contributed by atoms with Gasteiger partial charge >= 0.3 is 0 Å². The van der Waals surface area contributed by atoms with Crippen LogP contribution in [0.25, 0.3) is 0 Å². The topological polar surface area (TPSA) is 84.6 Å². The summed E-state index contributed by atoms with van der Waals surface area (Å²) in [5.74, 6) is -0.986. The molecule has 0 aliphatic carbocycles. The molecule has 1 rings (SSSR count). The van der Waals surface area contributed by atoms with Crippen LogP contribution < -0.4 is 11.1 Å². The first kappa shape index (κ1) is 6.88. The van der Waals surface area contributed by atoms with Crippen LogP contribution in [0, 0.1) is 0 Å². The van der Waals surface area contributed by atoms with Crippen molar-refractivity contribution in [2.24, 2.45) is 10.7 Å². The first-order valence-corrected chi connectivity index (χ1v) is 2.81. The maximum Gasteiger partial charge on any atom is 0.264 e. The number of hydrogen-bond acceptors (Lipinski definition) is 3. The molecule has 0 atom stereocenters. The Labute approximate surface area is 57.3 Å². The van der Waals surface area contributed by atoms with Gasteiger partial charge in [0.25, 0.3) is 11.8 Å². The number of rotatable bonds is 1. The number of hydrogen-bond donors (Lipinski definition) is 2.